The molecule has 0 aromatic carbocycles. The van der Waals surface area contributed by atoms with E-state index >= 15 is 0 Å². The molecule has 0 heterocycles. The minimum Gasteiger partial charge on any atom is -0.103 e. The van der Waals surface area contributed by atoms with Crippen molar-refractivity contribution in [2.24, 2.45) is 0 Å². The van der Waals surface area contributed by atoms with Crippen molar-refractivity contribution in [1.29, 1.82) is 0 Å². The Kier molecular flexibility index (Phi) is 63.6. The summed E-state index contributed by atoms with van der Waals surface area (Å²) in [4.78, 5) is 0. The molecule has 0 amide bonds. The van der Waals surface area contributed by atoms with E-state index in [-0.39, 0.29) is 0 Å². The Morgan fingerprint density at radius 2 is 1.11 bits per heavy atom. The Hall–Kier alpha value is -1.04. The maximum absolute atomic E-state index is 3.55. The van der Waals surface area contributed by atoms with Crippen molar-refractivity contribution in [3.05, 3.63) is 49.6 Å². The summed E-state index contributed by atoms with van der Waals surface area (Å²) in [6, 6.07) is 0. The molecule has 0 saturated heterocycles. The first-order chi connectivity index (χ1) is 8.66. The summed E-state index contributed by atoms with van der Waals surface area (Å²) >= 11 is 0. The summed E-state index contributed by atoms with van der Waals surface area (Å²) in [6.07, 6.45) is 16.8. The molecular weight excluding hydrogens is 216 g/mol. The number of unbranched alkanes of at least 4 members (excludes halogenated alkanes) is 2. The van der Waals surface area contributed by atoms with Crippen molar-refractivity contribution in [1.82, 2.24) is 0 Å². The third kappa shape index (κ3) is 119. The standard InChI is InChI=1S/C6H12.C5H10.C4H8.C3H6/c1-3-5-6-4-2;1-3-5-4-2;1-3-4-2;1-3-2/h3,5H,4,6H2,1-2H3;3H,1,4-5H2,2H3;3-4H,1-2H3;3H,1H2,2H3/b5-3+;;4-3+;. The van der Waals surface area contributed by atoms with Crippen molar-refractivity contribution >= 4 is 0 Å². The topological polar surface area (TPSA) is 0 Å². The van der Waals surface area contributed by atoms with Gasteiger partial charge in [0.15, 0.2) is 0 Å². The molecule has 0 aliphatic carbocycles. The van der Waals surface area contributed by atoms with Gasteiger partial charge in [-0.2, -0.15) is 0 Å². The van der Waals surface area contributed by atoms with Gasteiger partial charge in [-0.25, -0.2) is 0 Å². The fourth-order valence-electron chi connectivity index (χ4n) is 0.537. The summed E-state index contributed by atoms with van der Waals surface area (Å²) in [5, 5.41) is 0. The molecule has 108 valence electrons. The van der Waals surface area contributed by atoms with Crippen LogP contribution in [0.5, 0.6) is 0 Å². The van der Waals surface area contributed by atoms with Gasteiger partial charge in [-0.1, -0.05) is 63.1 Å². The molecule has 0 fully saturated rings. The monoisotopic (exact) mass is 252 g/mol. The predicted octanol–water partition coefficient (Wildman–Crippen LogP) is 7.11. The average Bonchev–Trinajstić information content (AvgIpc) is 2.39. The van der Waals surface area contributed by atoms with Crippen LogP contribution in [0.3, 0.4) is 0 Å². The molecule has 0 saturated carbocycles. The smallest absolute Gasteiger partial charge is 0.0353 e. The number of rotatable bonds is 4. The molecule has 0 rings (SSSR count). The van der Waals surface area contributed by atoms with Gasteiger partial charge in [0.1, 0.15) is 0 Å². The van der Waals surface area contributed by atoms with Crippen LogP contribution in [0.2, 0.25) is 0 Å². The molecule has 0 aromatic rings. The van der Waals surface area contributed by atoms with Crippen LogP contribution in [-0.2, 0) is 0 Å². The summed E-state index contributed by atoms with van der Waals surface area (Å²) in [5.41, 5.74) is 0. The average molecular weight is 252 g/mol. The second-order valence-electron chi connectivity index (χ2n) is 3.51. The Morgan fingerprint density at radius 3 is 1.17 bits per heavy atom. The van der Waals surface area contributed by atoms with E-state index in [2.05, 4.69) is 46.1 Å². The highest BCUT2D eigenvalue weighted by molar-refractivity contribution is 4.75. The lowest BCUT2D eigenvalue weighted by molar-refractivity contribution is 0.957. The summed E-state index contributed by atoms with van der Waals surface area (Å²) in [7, 11) is 0. The fourth-order valence-corrected chi connectivity index (χ4v) is 0.537. The van der Waals surface area contributed by atoms with E-state index in [1.165, 1.54) is 19.3 Å². The second kappa shape index (κ2) is 44.5. The molecule has 0 unspecified atom stereocenters. The molecule has 0 bridgehead atoms. The van der Waals surface area contributed by atoms with Gasteiger partial charge in [-0.15, -0.1) is 13.2 Å². The molecule has 0 radical (unpaired) electrons. The van der Waals surface area contributed by atoms with E-state index in [4.69, 9.17) is 0 Å². The molecule has 0 nitrogen and oxygen atoms in total. The Labute approximate surface area is 117 Å². The van der Waals surface area contributed by atoms with Gasteiger partial charge in [0.05, 0.1) is 0 Å². The summed E-state index contributed by atoms with van der Waals surface area (Å²) < 4.78 is 0. The molecule has 18 heavy (non-hydrogen) atoms. The lowest BCUT2D eigenvalue weighted by Crippen LogP contribution is -1.55. The molecule has 0 atom stereocenters. The second-order valence-corrected chi connectivity index (χ2v) is 3.51. The zero-order valence-corrected chi connectivity index (χ0v) is 13.7. The summed E-state index contributed by atoms with van der Waals surface area (Å²) in [6.45, 7) is 19.2. The van der Waals surface area contributed by atoms with E-state index in [0.29, 0.717) is 0 Å². The number of allylic oxidation sites excluding steroid dienone is 6. The van der Waals surface area contributed by atoms with Gasteiger partial charge < -0.3 is 0 Å². The van der Waals surface area contributed by atoms with E-state index < -0.39 is 0 Å². The molecule has 0 aliphatic heterocycles. The first kappa shape index (κ1) is 25.7. The third-order valence-electron chi connectivity index (χ3n) is 1.52. The van der Waals surface area contributed by atoms with Crippen molar-refractivity contribution < 1.29 is 0 Å². The van der Waals surface area contributed by atoms with Crippen LogP contribution in [0.15, 0.2) is 49.6 Å². The number of hydrogen-bond donors (Lipinski definition) is 0. The Bertz CT molecular complexity index is 157. The molecule has 0 spiro atoms. The quantitative estimate of drug-likeness (QED) is 0.468. The van der Waals surface area contributed by atoms with Crippen LogP contribution < -0.4 is 0 Å². The third-order valence-corrected chi connectivity index (χ3v) is 1.52. The fraction of sp³-hybridized carbons (Fsp3) is 0.556. The van der Waals surface area contributed by atoms with Gasteiger partial charge in [0.25, 0.3) is 0 Å². The Balaban J connectivity index is -0.0000000750. The van der Waals surface area contributed by atoms with Gasteiger partial charge in [0.2, 0.25) is 0 Å². The zero-order chi connectivity index (χ0) is 15.1. The highest BCUT2D eigenvalue weighted by Gasteiger charge is 1.64. The molecule has 0 heteroatoms. The first-order valence-corrected chi connectivity index (χ1v) is 7.02. The van der Waals surface area contributed by atoms with Crippen LogP contribution in [0, 0.1) is 0 Å². The zero-order valence-electron chi connectivity index (χ0n) is 13.7. The van der Waals surface area contributed by atoms with Crippen LogP contribution >= 0.6 is 0 Å². The summed E-state index contributed by atoms with van der Waals surface area (Å²) in [5.74, 6) is 0. The van der Waals surface area contributed by atoms with Crippen molar-refractivity contribution in [3.8, 4) is 0 Å². The van der Waals surface area contributed by atoms with Gasteiger partial charge in [-0.05, 0) is 40.5 Å². The number of hydrogen-bond acceptors (Lipinski definition) is 0. The molecular formula is C18H36. The van der Waals surface area contributed by atoms with E-state index in [1.807, 2.05) is 39.0 Å². The minimum atomic E-state index is 1.15. The first-order valence-electron chi connectivity index (χ1n) is 7.02. The van der Waals surface area contributed by atoms with Crippen molar-refractivity contribution in [3.63, 3.8) is 0 Å². The lowest BCUT2D eigenvalue weighted by Gasteiger charge is -1.76. The van der Waals surface area contributed by atoms with E-state index in [0.717, 1.165) is 6.42 Å². The van der Waals surface area contributed by atoms with Crippen molar-refractivity contribution in [2.75, 3.05) is 0 Å². The normalized spacial score (nSPS) is 8.33. The van der Waals surface area contributed by atoms with Crippen LogP contribution in [0.4, 0.5) is 0 Å². The molecule has 0 aliphatic rings. The maximum Gasteiger partial charge on any atom is -0.0353 e. The SMILES string of the molecule is C/C=C/C.C/C=C/CCC.C=CC.C=CCCC. The molecule has 0 aromatic heterocycles. The van der Waals surface area contributed by atoms with E-state index in [9.17, 15) is 0 Å². The Morgan fingerprint density at radius 1 is 0.722 bits per heavy atom. The highest BCUT2D eigenvalue weighted by Crippen LogP contribution is 1.85. The molecule has 0 N–H and O–H groups in total. The predicted molar refractivity (Wildman–Crippen MR) is 91.2 cm³/mol. The van der Waals surface area contributed by atoms with E-state index in [1.54, 1.807) is 6.08 Å². The van der Waals surface area contributed by atoms with Gasteiger partial charge in [0, 0.05) is 0 Å². The van der Waals surface area contributed by atoms with Gasteiger partial charge in [-0.3, -0.25) is 0 Å². The van der Waals surface area contributed by atoms with Crippen LogP contribution in [0.1, 0.15) is 67.2 Å². The largest absolute Gasteiger partial charge is 0.103 e. The highest BCUT2D eigenvalue weighted by atomic mass is 13.7. The van der Waals surface area contributed by atoms with Crippen LogP contribution in [-0.4, -0.2) is 0 Å². The minimum absolute atomic E-state index is 1.15. The van der Waals surface area contributed by atoms with Crippen molar-refractivity contribution in [2.45, 2.75) is 67.2 Å². The van der Waals surface area contributed by atoms with Gasteiger partial charge >= 0.3 is 0 Å². The maximum atomic E-state index is 3.55. The van der Waals surface area contributed by atoms with Crippen LogP contribution in [0.25, 0.3) is 0 Å². The lowest BCUT2D eigenvalue weighted by atomic mass is 10.3.